The van der Waals surface area contributed by atoms with Gasteiger partial charge in [0.05, 0.1) is 12.2 Å². The Bertz CT molecular complexity index is 356. The Morgan fingerprint density at radius 3 is 2.00 bits per heavy atom. The summed E-state index contributed by atoms with van der Waals surface area (Å²) in [4.78, 5) is 25.7. The molecule has 0 aromatic carbocycles. The number of carbonyl (C=O) groups excluding carboxylic acids is 2. The molecular weight excluding hydrogens is 272 g/mol. The van der Waals surface area contributed by atoms with Crippen LogP contribution < -0.4 is 5.32 Å². The van der Waals surface area contributed by atoms with Gasteiger partial charge in [-0.2, -0.15) is 0 Å². The Labute approximate surface area is 128 Å². The van der Waals surface area contributed by atoms with Crippen LogP contribution >= 0.6 is 0 Å². The fraction of sp³-hybridized carbons (Fsp3) is 0.867. The Morgan fingerprint density at radius 2 is 1.62 bits per heavy atom. The van der Waals surface area contributed by atoms with Crippen molar-refractivity contribution in [2.24, 2.45) is 0 Å². The predicted molar refractivity (Wildman–Crippen MR) is 82.2 cm³/mol. The van der Waals surface area contributed by atoms with Crippen molar-refractivity contribution in [2.75, 3.05) is 20.2 Å². The molecule has 124 valence electrons. The smallest absolute Gasteiger partial charge is 0.408 e. The molecule has 2 amide bonds. The SMILES string of the molecule is CCN(C)C(=O)[C@H](COC(C)(C)C)NC(=O)OC(C)(C)C. The van der Waals surface area contributed by atoms with Crippen molar-refractivity contribution in [1.29, 1.82) is 0 Å². The Hall–Kier alpha value is -1.30. The molecule has 0 saturated heterocycles. The van der Waals surface area contributed by atoms with Crippen LogP contribution in [0.15, 0.2) is 0 Å². The molecule has 1 atom stereocenters. The van der Waals surface area contributed by atoms with E-state index in [0.29, 0.717) is 6.54 Å². The molecule has 0 saturated carbocycles. The fourth-order valence-corrected chi connectivity index (χ4v) is 1.38. The predicted octanol–water partition coefficient (Wildman–Crippen LogP) is 2.17. The monoisotopic (exact) mass is 302 g/mol. The average Bonchev–Trinajstić information content (AvgIpc) is 2.29. The number of rotatable bonds is 5. The van der Waals surface area contributed by atoms with Gasteiger partial charge in [-0.25, -0.2) is 4.79 Å². The lowest BCUT2D eigenvalue weighted by atomic mass is 10.2. The van der Waals surface area contributed by atoms with Crippen LogP contribution in [0.4, 0.5) is 4.79 Å². The van der Waals surface area contributed by atoms with E-state index in [1.165, 1.54) is 4.90 Å². The zero-order valence-corrected chi connectivity index (χ0v) is 14.6. The quantitative estimate of drug-likeness (QED) is 0.845. The Balaban J connectivity index is 4.80. The van der Waals surface area contributed by atoms with Crippen LogP contribution in [0.25, 0.3) is 0 Å². The number of alkyl carbamates (subject to hydrolysis) is 1. The molecule has 0 aromatic rings. The van der Waals surface area contributed by atoms with Gasteiger partial charge in [-0.1, -0.05) is 0 Å². The fourth-order valence-electron chi connectivity index (χ4n) is 1.38. The van der Waals surface area contributed by atoms with Gasteiger partial charge < -0.3 is 19.7 Å². The Kier molecular flexibility index (Phi) is 7.16. The van der Waals surface area contributed by atoms with Crippen LogP contribution in [-0.4, -0.2) is 54.3 Å². The van der Waals surface area contributed by atoms with Crippen LogP contribution in [0, 0.1) is 0 Å². The number of nitrogens with zero attached hydrogens (tertiary/aromatic N) is 1. The first-order chi connectivity index (χ1) is 9.35. The maximum Gasteiger partial charge on any atom is 0.408 e. The highest BCUT2D eigenvalue weighted by atomic mass is 16.6. The first-order valence-corrected chi connectivity index (χ1v) is 7.24. The normalized spacial score (nSPS) is 13.5. The minimum Gasteiger partial charge on any atom is -0.444 e. The van der Waals surface area contributed by atoms with Crippen molar-refractivity contribution in [3.63, 3.8) is 0 Å². The molecule has 0 aromatic heterocycles. The lowest BCUT2D eigenvalue weighted by molar-refractivity contribution is -0.135. The zero-order valence-electron chi connectivity index (χ0n) is 14.6. The summed E-state index contributed by atoms with van der Waals surface area (Å²) < 4.78 is 10.8. The van der Waals surface area contributed by atoms with Gasteiger partial charge in [-0.15, -0.1) is 0 Å². The third-order valence-corrected chi connectivity index (χ3v) is 2.52. The van der Waals surface area contributed by atoms with E-state index in [9.17, 15) is 9.59 Å². The third kappa shape index (κ3) is 9.28. The van der Waals surface area contributed by atoms with Gasteiger partial charge in [-0.05, 0) is 48.5 Å². The summed E-state index contributed by atoms with van der Waals surface area (Å²) in [7, 11) is 1.68. The van der Waals surface area contributed by atoms with Crippen molar-refractivity contribution in [3.8, 4) is 0 Å². The van der Waals surface area contributed by atoms with Crippen molar-refractivity contribution in [2.45, 2.75) is 65.7 Å². The molecule has 6 heteroatoms. The maximum absolute atomic E-state index is 12.3. The molecule has 0 unspecified atom stereocenters. The van der Waals surface area contributed by atoms with Gasteiger partial charge in [-0.3, -0.25) is 4.79 Å². The highest BCUT2D eigenvalue weighted by Crippen LogP contribution is 2.10. The number of likely N-dealkylation sites (N-methyl/N-ethyl adjacent to an activating group) is 1. The average molecular weight is 302 g/mol. The van der Waals surface area contributed by atoms with Crippen molar-refractivity contribution in [1.82, 2.24) is 10.2 Å². The summed E-state index contributed by atoms with van der Waals surface area (Å²) in [6.07, 6.45) is -0.622. The highest BCUT2D eigenvalue weighted by Gasteiger charge is 2.27. The molecule has 0 radical (unpaired) electrons. The van der Waals surface area contributed by atoms with E-state index in [1.54, 1.807) is 27.8 Å². The molecule has 0 spiro atoms. The topological polar surface area (TPSA) is 67.9 Å². The number of carbonyl (C=O) groups is 2. The summed E-state index contributed by atoms with van der Waals surface area (Å²) >= 11 is 0. The molecule has 1 N–H and O–H groups in total. The molecule has 0 aliphatic heterocycles. The first kappa shape index (κ1) is 19.7. The minimum absolute atomic E-state index is 0.103. The number of hydrogen-bond acceptors (Lipinski definition) is 4. The summed E-state index contributed by atoms with van der Waals surface area (Å²) in [6.45, 7) is 13.5. The molecule has 21 heavy (non-hydrogen) atoms. The second-order valence-electron chi connectivity index (χ2n) is 6.97. The van der Waals surface area contributed by atoms with Gasteiger partial charge in [0.25, 0.3) is 0 Å². The van der Waals surface area contributed by atoms with Gasteiger partial charge >= 0.3 is 6.09 Å². The van der Waals surface area contributed by atoms with Crippen molar-refractivity contribution in [3.05, 3.63) is 0 Å². The van der Waals surface area contributed by atoms with E-state index in [1.807, 2.05) is 27.7 Å². The van der Waals surface area contributed by atoms with Crippen LogP contribution in [0.2, 0.25) is 0 Å². The van der Waals surface area contributed by atoms with Crippen LogP contribution in [0.5, 0.6) is 0 Å². The van der Waals surface area contributed by atoms with E-state index in [-0.39, 0.29) is 18.1 Å². The summed E-state index contributed by atoms with van der Waals surface area (Å²) in [5, 5.41) is 2.58. The van der Waals surface area contributed by atoms with E-state index in [4.69, 9.17) is 9.47 Å². The van der Waals surface area contributed by atoms with Crippen LogP contribution in [-0.2, 0) is 14.3 Å². The van der Waals surface area contributed by atoms with E-state index < -0.39 is 17.7 Å². The van der Waals surface area contributed by atoms with Gasteiger partial charge in [0.15, 0.2) is 0 Å². The summed E-state index contributed by atoms with van der Waals surface area (Å²) in [5.74, 6) is -0.201. The molecule has 6 nitrogen and oxygen atoms in total. The van der Waals surface area contributed by atoms with Crippen molar-refractivity contribution < 1.29 is 19.1 Å². The molecule has 0 aliphatic rings. The second-order valence-corrected chi connectivity index (χ2v) is 6.97. The minimum atomic E-state index is -0.760. The lowest BCUT2D eigenvalue weighted by Crippen LogP contribution is -2.51. The number of ether oxygens (including phenoxy) is 2. The van der Waals surface area contributed by atoms with Crippen molar-refractivity contribution >= 4 is 12.0 Å². The van der Waals surface area contributed by atoms with Gasteiger partial charge in [0.1, 0.15) is 11.6 Å². The van der Waals surface area contributed by atoms with E-state index in [2.05, 4.69) is 5.32 Å². The molecule has 0 aliphatic carbocycles. The number of amides is 2. The molecule has 0 bridgehead atoms. The first-order valence-electron chi connectivity index (χ1n) is 7.24. The van der Waals surface area contributed by atoms with E-state index >= 15 is 0 Å². The van der Waals surface area contributed by atoms with Crippen LogP contribution in [0.1, 0.15) is 48.5 Å². The Morgan fingerprint density at radius 1 is 1.10 bits per heavy atom. The van der Waals surface area contributed by atoms with Gasteiger partial charge in [0.2, 0.25) is 5.91 Å². The maximum atomic E-state index is 12.3. The number of hydrogen-bond donors (Lipinski definition) is 1. The molecule has 0 fully saturated rings. The lowest BCUT2D eigenvalue weighted by Gasteiger charge is -2.28. The second kappa shape index (κ2) is 7.64. The third-order valence-electron chi connectivity index (χ3n) is 2.52. The summed E-state index contributed by atoms with van der Waals surface area (Å²) in [5.41, 5.74) is -1.00. The van der Waals surface area contributed by atoms with E-state index in [0.717, 1.165) is 0 Å². The molecule has 0 heterocycles. The van der Waals surface area contributed by atoms with Crippen LogP contribution in [0.3, 0.4) is 0 Å². The molecule has 0 rings (SSSR count). The zero-order chi connectivity index (χ0) is 16.8. The standard InChI is InChI=1S/C15H30N2O4/c1-9-17(8)12(18)11(10-20-14(2,3)4)16-13(19)21-15(5,6)7/h11H,9-10H2,1-8H3,(H,16,19)/t11-/m0/s1. The van der Waals surface area contributed by atoms with Gasteiger partial charge in [0, 0.05) is 13.6 Å². The summed E-state index contributed by atoms with van der Waals surface area (Å²) in [6, 6.07) is -0.760. The number of nitrogens with one attached hydrogen (secondary N) is 1. The molecular formula is C15H30N2O4. The highest BCUT2D eigenvalue weighted by molar-refractivity contribution is 5.85. The largest absolute Gasteiger partial charge is 0.444 e.